The van der Waals surface area contributed by atoms with E-state index in [4.69, 9.17) is 4.79 Å². The number of nitrogens with one attached hydrogen (secondary N) is 1. The van der Waals surface area contributed by atoms with Gasteiger partial charge in [-0.15, -0.1) is 0 Å². The molecular weight excluding hydrogens is 186 g/mol. The Hall–Kier alpha value is -1.15. The van der Waals surface area contributed by atoms with Gasteiger partial charge in [-0.25, -0.2) is 0 Å². The Morgan fingerprint density at radius 3 is 2.40 bits per heavy atom. The lowest BCUT2D eigenvalue weighted by molar-refractivity contribution is -0.106. The average Bonchev–Trinajstić information content (AvgIpc) is 2.27. The second-order valence-corrected chi connectivity index (χ2v) is 3.25. The summed E-state index contributed by atoms with van der Waals surface area (Å²) < 4.78 is 0. The van der Waals surface area contributed by atoms with Crippen molar-refractivity contribution in [2.24, 2.45) is 0 Å². The second-order valence-electron chi connectivity index (χ2n) is 3.25. The molecule has 84 valence electrons. The molecule has 0 bridgehead atoms. The van der Waals surface area contributed by atoms with Crippen LogP contribution >= 0.6 is 0 Å². The van der Waals surface area contributed by atoms with E-state index >= 15 is 0 Å². The molecule has 2 heteroatoms. The predicted octanol–water partition coefficient (Wildman–Crippen LogP) is 2.78. The molecule has 0 radical (unpaired) electrons. The molecule has 1 N–H and O–H groups in total. The van der Waals surface area contributed by atoms with Crippen LogP contribution in [0.5, 0.6) is 0 Å². The molecule has 0 spiro atoms. The number of hydrogen-bond acceptors (Lipinski definition) is 2. The summed E-state index contributed by atoms with van der Waals surface area (Å²) in [6, 6.07) is 10.5. The largest absolute Gasteiger partial charge is 0.313 e. The van der Waals surface area contributed by atoms with Crippen LogP contribution in [-0.2, 0) is 11.3 Å². The zero-order valence-electron chi connectivity index (χ0n) is 9.70. The summed E-state index contributed by atoms with van der Waals surface area (Å²) in [6.45, 7) is 5.79. The van der Waals surface area contributed by atoms with Gasteiger partial charge in [-0.1, -0.05) is 43.7 Å². The van der Waals surface area contributed by atoms with Crippen LogP contribution < -0.4 is 5.32 Å². The summed E-state index contributed by atoms with van der Waals surface area (Å²) in [6.07, 6.45) is 3.29. The summed E-state index contributed by atoms with van der Waals surface area (Å²) in [4.78, 5) is 8.81. The molecule has 1 rings (SSSR count). The molecule has 1 aromatic carbocycles. The Kier molecular flexibility index (Phi) is 10.1. The van der Waals surface area contributed by atoms with Crippen molar-refractivity contribution in [1.82, 2.24) is 5.32 Å². The molecule has 1 aromatic rings. The van der Waals surface area contributed by atoms with Crippen LogP contribution in [0.1, 0.15) is 32.3 Å². The highest BCUT2D eigenvalue weighted by molar-refractivity contribution is 5.44. The standard InChI is InChI=1S/C11H17N.C2H4O/c1-2-3-9-12-10-11-7-5-4-6-8-11;1-2-3/h4-8,12H,2-3,9-10H2,1H3;2H,1H3. The van der Waals surface area contributed by atoms with E-state index in [1.54, 1.807) is 0 Å². The van der Waals surface area contributed by atoms with Crippen LogP contribution in [0.3, 0.4) is 0 Å². The fourth-order valence-corrected chi connectivity index (χ4v) is 1.13. The molecule has 0 atom stereocenters. The van der Waals surface area contributed by atoms with E-state index < -0.39 is 0 Å². The van der Waals surface area contributed by atoms with Gasteiger partial charge in [-0.05, 0) is 25.5 Å². The van der Waals surface area contributed by atoms with Gasteiger partial charge in [0.25, 0.3) is 0 Å². The SMILES string of the molecule is CC=O.CCCCNCc1ccccc1. The zero-order valence-corrected chi connectivity index (χ0v) is 9.70. The van der Waals surface area contributed by atoms with Gasteiger partial charge in [0.05, 0.1) is 0 Å². The van der Waals surface area contributed by atoms with Gasteiger partial charge in [0, 0.05) is 6.54 Å². The second kappa shape index (κ2) is 10.9. The predicted molar refractivity (Wildman–Crippen MR) is 64.8 cm³/mol. The monoisotopic (exact) mass is 207 g/mol. The fourth-order valence-electron chi connectivity index (χ4n) is 1.13. The van der Waals surface area contributed by atoms with E-state index in [9.17, 15) is 0 Å². The molecule has 0 unspecified atom stereocenters. The van der Waals surface area contributed by atoms with Crippen molar-refractivity contribution in [2.45, 2.75) is 33.2 Å². The minimum atomic E-state index is 0.750. The number of carbonyl (C=O) groups excluding carboxylic acids is 1. The van der Waals surface area contributed by atoms with E-state index in [-0.39, 0.29) is 0 Å². The van der Waals surface area contributed by atoms with E-state index in [1.165, 1.54) is 25.3 Å². The van der Waals surface area contributed by atoms with E-state index in [0.29, 0.717) is 0 Å². The Balaban J connectivity index is 0.000000583. The van der Waals surface area contributed by atoms with Crippen LogP contribution in [-0.4, -0.2) is 12.8 Å². The van der Waals surface area contributed by atoms with Gasteiger partial charge >= 0.3 is 0 Å². The smallest absolute Gasteiger partial charge is 0.116 e. The molecule has 0 aromatic heterocycles. The molecule has 0 heterocycles. The van der Waals surface area contributed by atoms with Gasteiger partial charge in [0.1, 0.15) is 6.29 Å². The Morgan fingerprint density at radius 1 is 1.27 bits per heavy atom. The highest BCUT2D eigenvalue weighted by atomic mass is 16.1. The molecule has 2 nitrogen and oxygen atoms in total. The molecule has 0 fully saturated rings. The van der Waals surface area contributed by atoms with Crippen molar-refractivity contribution in [2.75, 3.05) is 6.54 Å². The molecular formula is C13H21NO. The van der Waals surface area contributed by atoms with Crippen LogP contribution in [0.4, 0.5) is 0 Å². The fraction of sp³-hybridized carbons (Fsp3) is 0.462. The highest BCUT2D eigenvalue weighted by Crippen LogP contribution is 1.97. The van der Waals surface area contributed by atoms with Crippen molar-refractivity contribution in [3.8, 4) is 0 Å². The Bertz CT molecular complexity index is 234. The van der Waals surface area contributed by atoms with Gasteiger partial charge in [-0.3, -0.25) is 0 Å². The molecule has 0 aliphatic heterocycles. The number of hydrogen-bond donors (Lipinski definition) is 1. The van der Waals surface area contributed by atoms with Crippen LogP contribution in [0, 0.1) is 0 Å². The molecule has 15 heavy (non-hydrogen) atoms. The van der Waals surface area contributed by atoms with Gasteiger partial charge in [0.15, 0.2) is 0 Å². The average molecular weight is 207 g/mol. The maximum absolute atomic E-state index is 8.81. The molecule has 0 aliphatic carbocycles. The summed E-state index contributed by atoms with van der Waals surface area (Å²) in [5.74, 6) is 0. The molecule has 0 saturated carbocycles. The summed E-state index contributed by atoms with van der Waals surface area (Å²) in [5.41, 5.74) is 1.37. The van der Waals surface area contributed by atoms with Crippen molar-refractivity contribution in [3.63, 3.8) is 0 Å². The van der Waals surface area contributed by atoms with Gasteiger partial charge in [0.2, 0.25) is 0 Å². The Morgan fingerprint density at radius 2 is 1.87 bits per heavy atom. The van der Waals surface area contributed by atoms with Crippen LogP contribution in [0.15, 0.2) is 30.3 Å². The Labute approximate surface area is 92.7 Å². The summed E-state index contributed by atoms with van der Waals surface area (Å²) in [7, 11) is 0. The van der Waals surface area contributed by atoms with Crippen molar-refractivity contribution < 1.29 is 4.79 Å². The number of rotatable bonds is 5. The van der Waals surface area contributed by atoms with E-state index in [0.717, 1.165) is 19.4 Å². The topological polar surface area (TPSA) is 29.1 Å². The molecule has 0 saturated heterocycles. The molecule has 0 amide bonds. The zero-order chi connectivity index (χ0) is 11.4. The van der Waals surface area contributed by atoms with Crippen LogP contribution in [0.25, 0.3) is 0 Å². The third-order valence-corrected chi connectivity index (χ3v) is 1.88. The van der Waals surface area contributed by atoms with E-state index in [1.807, 2.05) is 0 Å². The summed E-state index contributed by atoms with van der Waals surface area (Å²) >= 11 is 0. The third kappa shape index (κ3) is 9.16. The minimum absolute atomic E-state index is 0.750. The minimum Gasteiger partial charge on any atom is -0.313 e. The number of benzene rings is 1. The lowest BCUT2D eigenvalue weighted by Gasteiger charge is -2.02. The maximum Gasteiger partial charge on any atom is 0.116 e. The normalized spacial score (nSPS) is 8.93. The summed E-state index contributed by atoms with van der Waals surface area (Å²) in [5, 5.41) is 3.40. The number of unbranched alkanes of at least 4 members (excludes halogenated alkanes) is 1. The first kappa shape index (κ1) is 13.8. The van der Waals surface area contributed by atoms with Crippen LogP contribution in [0.2, 0.25) is 0 Å². The van der Waals surface area contributed by atoms with Gasteiger partial charge in [-0.2, -0.15) is 0 Å². The third-order valence-electron chi connectivity index (χ3n) is 1.88. The lowest BCUT2D eigenvalue weighted by Crippen LogP contribution is -2.14. The number of carbonyl (C=O) groups is 1. The first-order valence-electron chi connectivity index (χ1n) is 5.49. The quantitative estimate of drug-likeness (QED) is 0.594. The van der Waals surface area contributed by atoms with Crippen molar-refractivity contribution in [1.29, 1.82) is 0 Å². The lowest BCUT2D eigenvalue weighted by atomic mass is 10.2. The van der Waals surface area contributed by atoms with Crippen molar-refractivity contribution in [3.05, 3.63) is 35.9 Å². The first-order valence-corrected chi connectivity index (χ1v) is 5.49. The maximum atomic E-state index is 8.81. The first-order chi connectivity index (χ1) is 7.35. The van der Waals surface area contributed by atoms with Crippen molar-refractivity contribution >= 4 is 6.29 Å². The highest BCUT2D eigenvalue weighted by Gasteiger charge is 1.88. The van der Waals surface area contributed by atoms with Gasteiger partial charge < -0.3 is 10.1 Å². The number of aldehydes is 1. The molecule has 0 aliphatic rings. The van der Waals surface area contributed by atoms with E-state index in [2.05, 4.69) is 42.6 Å².